The molecule has 0 amide bonds. The van der Waals surface area contributed by atoms with E-state index < -0.39 is 5.97 Å². The maximum Gasteiger partial charge on any atom is 0.349 e. The molecule has 0 bridgehead atoms. The summed E-state index contributed by atoms with van der Waals surface area (Å²) in [4.78, 5) is 19.5. The Hall–Kier alpha value is -3.85. The molecule has 0 saturated carbocycles. The highest BCUT2D eigenvalue weighted by atomic mass is 16.5. The highest BCUT2D eigenvalue weighted by molar-refractivity contribution is 6.17. The van der Waals surface area contributed by atoms with Gasteiger partial charge in [0.2, 0.25) is 0 Å². The lowest BCUT2D eigenvalue weighted by atomic mass is 10.0. The topological polar surface area (TPSA) is 74.9 Å². The summed E-state index contributed by atoms with van der Waals surface area (Å²) in [6.07, 6.45) is 0. The van der Waals surface area contributed by atoms with Crippen molar-refractivity contribution >= 4 is 33.7 Å². The molecule has 1 aliphatic rings. The normalized spacial score (nSPS) is 12.6. The third-order valence-electron chi connectivity index (χ3n) is 5.37. The number of benzene rings is 3. The Balaban J connectivity index is 1.99. The number of carbonyl (C=O) groups is 1. The summed E-state index contributed by atoms with van der Waals surface area (Å²) in [5.74, 6) is 0.509. The average Bonchev–Trinajstić information content (AvgIpc) is 2.79. The van der Waals surface area contributed by atoms with Crippen LogP contribution in [0.4, 0.5) is 11.4 Å². The predicted molar refractivity (Wildman–Crippen MR) is 120 cm³/mol. The summed E-state index contributed by atoms with van der Waals surface area (Å²) in [6.45, 7) is 7.90. The van der Waals surface area contributed by atoms with Crippen molar-refractivity contribution in [2.24, 2.45) is 4.99 Å². The van der Waals surface area contributed by atoms with E-state index >= 15 is 0 Å². The second-order valence-corrected chi connectivity index (χ2v) is 7.06. The fourth-order valence-corrected chi connectivity index (χ4v) is 3.85. The summed E-state index contributed by atoms with van der Waals surface area (Å²) in [7, 11) is 0. The number of hydrogen-bond acceptors (Lipinski definition) is 6. The molecular formula is C25H23N3O3. The summed E-state index contributed by atoms with van der Waals surface area (Å²) in [5, 5.41) is 12.4. The van der Waals surface area contributed by atoms with E-state index in [9.17, 15) is 10.1 Å². The van der Waals surface area contributed by atoms with Crippen molar-refractivity contribution in [2.75, 3.05) is 24.6 Å². The van der Waals surface area contributed by atoms with Gasteiger partial charge in [-0.05, 0) is 44.4 Å². The van der Waals surface area contributed by atoms with Crippen LogP contribution in [0.25, 0.3) is 16.3 Å². The fourth-order valence-electron chi connectivity index (χ4n) is 3.85. The van der Waals surface area contributed by atoms with Crippen LogP contribution < -0.4 is 20.2 Å². The molecule has 6 heteroatoms. The van der Waals surface area contributed by atoms with Gasteiger partial charge in [0.25, 0.3) is 0 Å². The van der Waals surface area contributed by atoms with Crippen LogP contribution in [-0.2, 0) is 9.53 Å². The molecule has 6 nitrogen and oxygen atoms in total. The minimum absolute atomic E-state index is 0.0489. The van der Waals surface area contributed by atoms with Crippen molar-refractivity contribution in [1.82, 2.24) is 0 Å². The number of nitrogens with zero attached hydrogens (tertiary/aromatic N) is 3. The lowest BCUT2D eigenvalue weighted by Crippen LogP contribution is -2.23. The third-order valence-corrected chi connectivity index (χ3v) is 5.37. The first-order valence-electron chi connectivity index (χ1n) is 10.4. The van der Waals surface area contributed by atoms with E-state index in [4.69, 9.17) is 14.5 Å². The smallest absolute Gasteiger partial charge is 0.349 e. The van der Waals surface area contributed by atoms with Gasteiger partial charge in [0.15, 0.2) is 11.5 Å². The van der Waals surface area contributed by atoms with Gasteiger partial charge in [-0.25, -0.2) is 9.79 Å². The summed E-state index contributed by atoms with van der Waals surface area (Å²) >= 11 is 0. The number of fused-ring (bicyclic) bond motifs is 4. The molecule has 1 heterocycles. The van der Waals surface area contributed by atoms with E-state index in [1.807, 2.05) is 48.5 Å². The molecule has 0 aliphatic carbocycles. The van der Waals surface area contributed by atoms with Crippen molar-refractivity contribution in [1.29, 1.82) is 5.26 Å². The standard InChI is InChI=1S/C25H23N3O3/c1-4-28(5-2)16-11-12-21-22(13-16)31-23-14-19(20(15-26)25(29)30-6-3)17-9-7-8-10-18(17)24(23)27-21/h7-14H,4-6H2,1-3H3. The van der Waals surface area contributed by atoms with Crippen molar-refractivity contribution in [3.05, 3.63) is 59.1 Å². The van der Waals surface area contributed by atoms with Gasteiger partial charge in [-0.2, -0.15) is 5.26 Å². The van der Waals surface area contributed by atoms with Crippen LogP contribution in [-0.4, -0.2) is 25.7 Å². The molecule has 4 rings (SSSR count). The van der Waals surface area contributed by atoms with Gasteiger partial charge in [-0.3, -0.25) is 0 Å². The van der Waals surface area contributed by atoms with Crippen LogP contribution in [0.15, 0.2) is 53.5 Å². The van der Waals surface area contributed by atoms with Gasteiger partial charge >= 0.3 is 5.97 Å². The second kappa shape index (κ2) is 8.49. The summed E-state index contributed by atoms with van der Waals surface area (Å²) in [5.41, 5.74) is 1.75. The minimum Gasteiger partial charge on any atom is -0.462 e. The number of rotatable bonds is 5. The molecule has 31 heavy (non-hydrogen) atoms. The molecule has 3 aromatic carbocycles. The predicted octanol–water partition coefficient (Wildman–Crippen LogP) is 3.98. The van der Waals surface area contributed by atoms with E-state index in [2.05, 4.69) is 18.7 Å². The SMILES string of the molecule is CCOC(=O)C(C#N)=c1cc2c(c3ccccc13)=Nc1ccc(N(CC)CC)cc1O2. The zero-order valence-corrected chi connectivity index (χ0v) is 17.8. The number of ether oxygens (including phenoxy) is 2. The van der Waals surface area contributed by atoms with Crippen molar-refractivity contribution in [3.8, 4) is 17.6 Å². The highest BCUT2D eigenvalue weighted by Crippen LogP contribution is 2.37. The molecule has 0 atom stereocenters. The van der Waals surface area contributed by atoms with Crippen molar-refractivity contribution in [3.63, 3.8) is 0 Å². The summed E-state index contributed by atoms with van der Waals surface area (Å²) in [6, 6.07) is 17.3. The molecule has 0 fully saturated rings. The molecule has 1 aliphatic heterocycles. The Labute approximate surface area is 180 Å². The van der Waals surface area contributed by atoms with E-state index in [-0.39, 0.29) is 12.2 Å². The molecule has 3 aromatic rings. The fraction of sp³-hybridized carbons (Fsp3) is 0.240. The molecule has 0 radical (unpaired) electrons. The number of esters is 1. The van der Waals surface area contributed by atoms with E-state index in [0.717, 1.165) is 35.2 Å². The molecular weight excluding hydrogens is 390 g/mol. The Morgan fingerprint density at radius 2 is 1.81 bits per heavy atom. The number of anilines is 1. The largest absolute Gasteiger partial charge is 0.462 e. The van der Waals surface area contributed by atoms with E-state index in [1.165, 1.54) is 0 Å². The molecule has 156 valence electrons. The van der Waals surface area contributed by atoms with E-state index in [1.54, 1.807) is 13.0 Å². The first-order valence-corrected chi connectivity index (χ1v) is 10.4. The summed E-state index contributed by atoms with van der Waals surface area (Å²) < 4.78 is 11.3. The lowest BCUT2D eigenvalue weighted by molar-refractivity contribution is -0.136. The molecule has 0 N–H and O–H groups in total. The van der Waals surface area contributed by atoms with Crippen molar-refractivity contribution in [2.45, 2.75) is 20.8 Å². The van der Waals surface area contributed by atoms with Crippen LogP contribution in [0.3, 0.4) is 0 Å². The monoisotopic (exact) mass is 413 g/mol. The molecule has 0 aromatic heterocycles. The van der Waals surface area contributed by atoms with Crippen LogP contribution in [0.5, 0.6) is 11.5 Å². The first-order chi connectivity index (χ1) is 15.1. The maximum atomic E-state index is 12.4. The minimum atomic E-state index is -0.646. The zero-order valence-electron chi connectivity index (χ0n) is 17.8. The van der Waals surface area contributed by atoms with Gasteiger partial charge < -0.3 is 14.4 Å². The number of carbonyl (C=O) groups excluding carboxylic acids is 1. The Morgan fingerprint density at radius 1 is 1.06 bits per heavy atom. The second-order valence-electron chi connectivity index (χ2n) is 7.06. The third kappa shape index (κ3) is 3.59. The van der Waals surface area contributed by atoms with Crippen molar-refractivity contribution < 1.29 is 14.3 Å². The lowest BCUT2D eigenvalue weighted by Gasteiger charge is -2.23. The van der Waals surface area contributed by atoms with Crippen LogP contribution in [0, 0.1) is 11.3 Å². The van der Waals surface area contributed by atoms with Gasteiger partial charge in [-0.1, -0.05) is 24.3 Å². The Morgan fingerprint density at radius 3 is 2.48 bits per heavy atom. The van der Waals surface area contributed by atoms with Gasteiger partial charge in [0, 0.05) is 35.4 Å². The van der Waals surface area contributed by atoms with Crippen LogP contribution in [0.1, 0.15) is 20.8 Å². The first kappa shape index (κ1) is 20.4. The quantitative estimate of drug-likeness (QED) is 0.463. The Bertz CT molecular complexity index is 1330. The van der Waals surface area contributed by atoms with Gasteiger partial charge in [0.05, 0.1) is 6.61 Å². The number of nitriles is 1. The highest BCUT2D eigenvalue weighted by Gasteiger charge is 2.19. The zero-order chi connectivity index (χ0) is 22.0. The maximum absolute atomic E-state index is 12.4. The van der Waals surface area contributed by atoms with Crippen LogP contribution in [0.2, 0.25) is 0 Å². The molecule has 0 saturated heterocycles. The van der Waals surface area contributed by atoms with Gasteiger partial charge in [0.1, 0.15) is 22.7 Å². The Kier molecular flexibility index (Phi) is 5.59. The molecule has 0 spiro atoms. The van der Waals surface area contributed by atoms with E-state index in [0.29, 0.717) is 22.1 Å². The number of hydrogen-bond donors (Lipinski definition) is 0. The average molecular weight is 413 g/mol. The van der Waals surface area contributed by atoms with Gasteiger partial charge in [-0.15, -0.1) is 0 Å². The van der Waals surface area contributed by atoms with Crippen LogP contribution >= 0.6 is 0 Å². The molecule has 0 unspecified atom stereocenters.